The van der Waals surface area contributed by atoms with E-state index in [-0.39, 0.29) is 0 Å². The Morgan fingerprint density at radius 1 is 1.35 bits per heavy atom. The zero-order chi connectivity index (χ0) is 12.1. The lowest BCUT2D eigenvalue weighted by Crippen LogP contribution is -2.35. The second kappa shape index (κ2) is 6.31. The molecule has 1 aromatic rings. The SMILES string of the molecule is COc1ccc(C(C)NC2CCCSC2)cc1. The van der Waals surface area contributed by atoms with E-state index < -0.39 is 0 Å². The van der Waals surface area contributed by atoms with Crippen molar-refractivity contribution in [1.82, 2.24) is 5.32 Å². The number of benzene rings is 1. The third-order valence-electron chi connectivity index (χ3n) is 3.26. The van der Waals surface area contributed by atoms with Crippen LogP contribution in [0.25, 0.3) is 0 Å². The Bertz CT molecular complexity index is 333. The molecular weight excluding hydrogens is 230 g/mol. The number of ether oxygens (including phenoxy) is 1. The fraction of sp³-hybridized carbons (Fsp3) is 0.571. The van der Waals surface area contributed by atoms with Crippen LogP contribution in [0.3, 0.4) is 0 Å². The lowest BCUT2D eigenvalue weighted by atomic mass is 10.1. The standard InChI is InChI=1S/C14H21NOS/c1-11(15-13-4-3-9-17-10-13)12-5-7-14(16-2)8-6-12/h5-8,11,13,15H,3-4,9-10H2,1-2H3. The van der Waals surface area contributed by atoms with Crippen molar-refractivity contribution in [3.63, 3.8) is 0 Å². The molecule has 1 aromatic carbocycles. The summed E-state index contributed by atoms with van der Waals surface area (Å²) in [5.41, 5.74) is 1.33. The average Bonchev–Trinajstić information content (AvgIpc) is 2.40. The van der Waals surface area contributed by atoms with Gasteiger partial charge < -0.3 is 10.1 Å². The minimum absolute atomic E-state index is 0.421. The Labute approximate surface area is 108 Å². The van der Waals surface area contributed by atoms with Crippen LogP contribution in [0.4, 0.5) is 0 Å². The van der Waals surface area contributed by atoms with Gasteiger partial charge in [-0.15, -0.1) is 0 Å². The number of hydrogen-bond acceptors (Lipinski definition) is 3. The molecule has 2 nitrogen and oxygen atoms in total. The molecule has 1 fully saturated rings. The van der Waals surface area contributed by atoms with Gasteiger partial charge in [0.05, 0.1) is 7.11 Å². The maximum absolute atomic E-state index is 5.18. The van der Waals surface area contributed by atoms with Crippen molar-refractivity contribution in [2.45, 2.75) is 31.8 Å². The van der Waals surface area contributed by atoms with Gasteiger partial charge in [-0.2, -0.15) is 11.8 Å². The van der Waals surface area contributed by atoms with Crippen molar-refractivity contribution >= 4 is 11.8 Å². The average molecular weight is 251 g/mol. The number of methoxy groups -OCH3 is 1. The molecular formula is C14H21NOS. The van der Waals surface area contributed by atoms with Gasteiger partial charge in [0.25, 0.3) is 0 Å². The van der Waals surface area contributed by atoms with Gasteiger partial charge >= 0.3 is 0 Å². The van der Waals surface area contributed by atoms with Crippen molar-refractivity contribution in [1.29, 1.82) is 0 Å². The van der Waals surface area contributed by atoms with Crippen LogP contribution in [0.15, 0.2) is 24.3 Å². The lowest BCUT2D eigenvalue weighted by Gasteiger charge is -2.26. The van der Waals surface area contributed by atoms with Gasteiger partial charge in [-0.05, 0) is 43.2 Å². The molecule has 2 atom stereocenters. The molecule has 1 aliphatic rings. The van der Waals surface area contributed by atoms with Gasteiger partial charge in [0.2, 0.25) is 0 Å². The first kappa shape index (κ1) is 12.8. The molecule has 0 amide bonds. The maximum atomic E-state index is 5.18. The second-order valence-electron chi connectivity index (χ2n) is 4.58. The molecule has 0 bridgehead atoms. The lowest BCUT2D eigenvalue weighted by molar-refractivity contribution is 0.413. The number of thioether (sulfide) groups is 1. The largest absolute Gasteiger partial charge is 0.497 e. The Balaban J connectivity index is 1.91. The molecule has 0 aromatic heterocycles. The molecule has 1 N–H and O–H groups in total. The Hall–Kier alpha value is -0.670. The van der Waals surface area contributed by atoms with Crippen molar-refractivity contribution in [2.75, 3.05) is 18.6 Å². The molecule has 0 radical (unpaired) electrons. The molecule has 2 unspecified atom stereocenters. The predicted octanol–water partition coefficient (Wildman–Crippen LogP) is 3.24. The van der Waals surface area contributed by atoms with Gasteiger partial charge in [0.1, 0.15) is 5.75 Å². The smallest absolute Gasteiger partial charge is 0.118 e. The fourth-order valence-electron chi connectivity index (χ4n) is 2.21. The summed E-state index contributed by atoms with van der Waals surface area (Å²) in [7, 11) is 1.70. The second-order valence-corrected chi connectivity index (χ2v) is 5.73. The minimum Gasteiger partial charge on any atom is -0.497 e. The van der Waals surface area contributed by atoms with Crippen molar-refractivity contribution in [2.24, 2.45) is 0 Å². The van der Waals surface area contributed by atoms with Crippen LogP contribution >= 0.6 is 11.8 Å². The summed E-state index contributed by atoms with van der Waals surface area (Å²) in [6.07, 6.45) is 2.66. The molecule has 1 saturated heterocycles. The topological polar surface area (TPSA) is 21.3 Å². The summed E-state index contributed by atoms with van der Waals surface area (Å²) in [5, 5.41) is 3.71. The molecule has 17 heavy (non-hydrogen) atoms. The zero-order valence-electron chi connectivity index (χ0n) is 10.6. The van der Waals surface area contributed by atoms with E-state index in [9.17, 15) is 0 Å². The van der Waals surface area contributed by atoms with Crippen molar-refractivity contribution in [3.8, 4) is 5.75 Å². The summed E-state index contributed by atoms with van der Waals surface area (Å²) in [6.45, 7) is 2.24. The highest BCUT2D eigenvalue weighted by Gasteiger charge is 2.16. The Kier molecular flexibility index (Phi) is 4.75. The highest BCUT2D eigenvalue weighted by molar-refractivity contribution is 7.99. The Morgan fingerprint density at radius 3 is 2.71 bits per heavy atom. The zero-order valence-corrected chi connectivity index (χ0v) is 11.4. The van der Waals surface area contributed by atoms with E-state index in [1.807, 2.05) is 12.1 Å². The molecule has 1 heterocycles. The van der Waals surface area contributed by atoms with Gasteiger partial charge in [0.15, 0.2) is 0 Å². The monoisotopic (exact) mass is 251 g/mol. The molecule has 0 aliphatic carbocycles. The minimum atomic E-state index is 0.421. The molecule has 1 aliphatic heterocycles. The molecule has 0 spiro atoms. The number of hydrogen-bond donors (Lipinski definition) is 1. The van der Waals surface area contributed by atoms with Gasteiger partial charge in [-0.1, -0.05) is 12.1 Å². The van der Waals surface area contributed by atoms with Crippen LogP contribution in [0, 0.1) is 0 Å². The summed E-state index contributed by atoms with van der Waals surface area (Å²) in [6, 6.07) is 9.45. The summed E-state index contributed by atoms with van der Waals surface area (Å²) < 4.78 is 5.18. The van der Waals surface area contributed by atoms with E-state index in [0.29, 0.717) is 12.1 Å². The van der Waals surface area contributed by atoms with Crippen LogP contribution in [0.1, 0.15) is 31.4 Å². The molecule has 3 heteroatoms. The van der Waals surface area contributed by atoms with Crippen molar-refractivity contribution in [3.05, 3.63) is 29.8 Å². The van der Waals surface area contributed by atoms with E-state index in [0.717, 1.165) is 5.75 Å². The van der Waals surface area contributed by atoms with Crippen LogP contribution in [0.5, 0.6) is 5.75 Å². The number of nitrogens with one attached hydrogen (secondary N) is 1. The predicted molar refractivity (Wildman–Crippen MR) is 74.9 cm³/mol. The number of rotatable bonds is 4. The van der Waals surface area contributed by atoms with Crippen molar-refractivity contribution < 1.29 is 4.74 Å². The first-order valence-corrected chi connectivity index (χ1v) is 7.43. The van der Waals surface area contributed by atoms with Crippen LogP contribution < -0.4 is 10.1 Å². The first-order valence-electron chi connectivity index (χ1n) is 6.27. The summed E-state index contributed by atoms with van der Waals surface area (Å²) in [4.78, 5) is 0. The summed E-state index contributed by atoms with van der Waals surface area (Å²) in [5.74, 6) is 3.50. The van der Waals surface area contributed by atoms with E-state index >= 15 is 0 Å². The normalized spacial score (nSPS) is 22.1. The van der Waals surface area contributed by atoms with E-state index in [1.54, 1.807) is 7.11 Å². The third kappa shape index (κ3) is 3.65. The van der Waals surface area contributed by atoms with E-state index in [4.69, 9.17) is 4.74 Å². The van der Waals surface area contributed by atoms with Crippen LogP contribution in [-0.2, 0) is 0 Å². The van der Waals surface area contributed by atoms with E-state index in [1.165, 1.54) is 29.9 Å². The first-order chi connectivity index (χ1) is 8.29. The Morgan fingerprint density at radius 2 is 2.12 bits per heavy atom. The summed E-state index contributed by atoms with van der Waals surface area (Å²) >= 11 is 2.06. The van der Waals surface area contributed by atoms with Gasteiger partial charge in [0, 0.05) is 17.8 Å². The third-order valence-corrected chi connectivity index (χ3v) is 4.48. The van der Waals surface area contributed by atoms with Gasteiger partial charge in [-0.25, -0.2) is 0 Å². The highest BCUT2D eigenvalue weighted by atomic mass is 32.2. The fourth-order valence-corrected chi connectivity index (χ4v) is 3.30. The highest BCUT2D eigenvalue weighted by Crippen LogP contribution is 2.22. The molecule has 2 rings (SSSR count). The van der Waals surface area contributed by atoms with Gasteiger partial charge in [-0.3, -0.25) is 0 Å². The van der Waals surface area contributed by atoms with Crippen LogP contribution in [-0.4, -0.2) is 24.7 Å². The van der Waals surface area contributed by atoms with Crippen LogP contribution in [0.2, 0.25) is 0 Å². The molecule has 94 valence electrons. The molecule has 0 saturated carbocycles. The van der Waals surface area contributed by atoms with E-state index in [2.05, 4.69) is 36.1 Å². The maximum Gasteiger partial charge on any atom is 0.118 e. The quantitative estimate of drug-likeness (QED) is 0.887.